The molecule has 1 heterocycles. The Hall–Kier alpha value is -6.64. The molecule has 0 saturated heterocycles. The second kappa shape index (κ2) is 12.8. The number of ether oxygens (including phenoxy) is 1. The van der Waals surface area contributed by atoms with Gasteiger partial charge in [-0.05, 0) is 93.0 Å². The molecule has 0 N–H and O–H groups in total. The highest BCUT2D eigenvalue weighted by atomic mass is 16.5. The maximum Gasteiger partial charge on any atom is 0.137 e. The first-order chi connectivity index (χ1) is 24.8. The summed E-state index contributed by atoms with van der Waals surface area (Å²) in [5, 5.41) is 0. The van der Waals surface area contributed by atoms with Crippen molar-refractivity contribution in [1.82, 2.24) is 0 Å². The highest BCUT2D eigenvalue weighted by Crippen LogP contribution is 2.53. The predicted molar refractivity (Wildman–Crippen MR) is 208 cm³/mol. The van der Waals surface area contributed by atoms with Crippen LogP contribution < -0.4 is 9.64 Å². The molecule has 1 aliphatic heterocycles. The number of hydrogen-bond acceptors (Lipinski definition) is 2. The van der Waals surface area contributed by atoms with Crippen molar-refractivity contribution in [3.63, 3.8) is 0 Å². The van der Waals surface area contributed by atoms with Crippen molar-refractivity contribution < 1.29 is 4.74 Å². The molecule has 9 rings (SSSR count). The highest BCUT2D eigenvalue weighted by molar-refractivity contribution is 6.00. The van der Waals surface area contributed by atoms with Gasteiger partial charge in [0, 0.05) is 22.5 Å². The minimum Gasteiger partial charge on any atom is -0.456 e. The number of anilines is 3. The van der Waals surface area contributed by atoms with Crippen LogP contribution in [0.5, 0.6) is 11.5 Å². The average molecular weight is 640 g/mol. The summed E-state index contributed by atoms with van der Waals surface area (Å²) in [5.74, 6) is 1.67. The minimum absolute atomic E-state index is 0.823. The van der Waals surface area contributed by atoms with Gasteiger partial charge in [0.05, 0.1) is 5.69 Å². The maximum absolute atomic E-state index is 6.84. The van der Waals surface area contributed by atoms with Crippen LogP contribution in [0.2, 0.25) is 0 Å². The summed E-state index contributed by atoms with van der Waals surface area (Å²) in [4.78, 5) is 2.37. The number of nitrogens with zero attached hydrogens (tertiary/aromatic N) is 1. The molecule has 0 bridgehead atoms. The van der Waals surface area contributed by atoms with Crippen LogP contribution in [0.15, 0.2) is 200 Å². The van der Waals surface area contributed by atoms with E-state index in [2.05, 4.69) is 199 Å². The molecular weight excluding hydrogens is 607 g/mol. The lowest BCUT2D eigenvalue weighted by Crippen LogP contribution is -2.11. The minimum atomic E-state index is 0.823. The number of hydrogen-bond donors (Lipinski definition) is 0. The Kier molecular flexibility index (Phi) is 7.53. The molecule has 8 aromatic rings. The van der Waals surface area contributed by atoms with E-state index in [0.717, 1.165) is 61.9 Å². The van der Waals surface area contributed by atoms with E-state index in [-0.39, 0.29) is 0 Å². The highest BCUT2D eigenvalue weighted by Gasteiger charge is 2.27. The first kappa shape index (κ1) is 29.5. The Morgan fingerprint density at radius 3 is 1.52 bits per heavy atom. The maximum atomic E-state index is 6.84. The van der Waals surface area contributed by atoms with Crippen LogP contribution >= 0.6 is 0 Å². The summed E-state index contributed by atoms with van der Waals surface area (Å²) in [6, 6.07) is 71.0. The van der Waals surface area contributed by atoms with Crippen molar-refractivity contribution in [2.75, 3.05) is 4.90 Å². The first-order valence-corrected chi connectivity index (χ1v) is 17.0. The molecule has 8 aromatic carbocycles. The molecule has 2 heteroatoms. The Morgan fingerprint density at radius 1 is 0.300 bits per heavy atom. The first-order valence-electron chi connectivity index (χ1n) is 17.0. The Balaban J connectivity index is 1.29. The second-order valence-electron chi connectivity index (χ2n) is 12.5. The van der Waals surface area contributed by atoms with Gasteiger partial charge < -0.3 is 9.64 Å². The van der Waals surface area contributed by atoms with Crippen LogP contribution in [0.1, 0.15) is 0 Å². The van der Waals surface area contributed by atoms with Gasteiger partial charge in [0.25, 0.3) is 0 Å². The molecule has 0 radical (unpaired) electrons. The topological polar surface area (TPSA) is 12.5 Å². The molecule has 0 unspecified atom stereocenters. The van der Waals surface area contributed by atoms with Crippen molar-refractivity contribution in [2.24, 2.45) is 0 Å². The zero-order valence-electron chi connectivity index (χ0n) is 27.4. The molecule has 0 aliphatic carbocycles. The van der Waals surface area contributed by atoms with Crippen molar-refractivity contribution in [2.45, 2.75) is 0 Å². The van der Waals surface area contributed by atoms with E-state index in [4.69, 9.17) is 4.74 Å². The third-order valence-electron chi connectivity index (χ3n) is 9.48. The normalized spacial score (nSPS) is 11.4. The van der Waals surface area contributed by atoms with Gasteiger partial charge in [-0.3, -0.25) is 0 Å². The van der Waals surface area contributed by atoms with Gasteiger partial charge in [0.2, 0.25) is 0 Å². The van der Waals surface area contributed by atoms with Gasteiger partial charge in [-0.2, -0.15) is 0 Å². The quantitative estimate of drug-likeness (QED) is 0.179. The zero-order valence-corrected chi connectivity index (χ0v) is 27.4. The lowest BCUT2D eigenvalue weighted by molar-refractivity contribution is 0.488. The van der Waals surface area contributed by atoms with Crippen LogP contribution in [-0.4, -0.2) is 0 Å². The number of benzene rings is 8. The van der Waals surface area contributed by atoms with E-state index in [1.165, 1.54) is 22.3 Å². The standard InChI is InChI=1S/C48H33NO/c1-4-14-34(15-5-1)37-26-29-40(30-27-37)49(41-21-12-20-38(32-41)35-16-6-2-7-17-35)45-23-13-25-47-48(45)44-33-39(36-18-8-3-9-19-36)28-31-42(44)43-22-10-11-24-46(43)50-47/h1-33H. The summed E-state index contributed by atoms with van der Waals surface area (Å²) < 4.78 is 6.84. The molecule has 2 nitrogen and oxygen atoms in total. The van der Waals surface area contributed by atoms with Gasteiger partial charge >= 0.3 is 0 Å². The van der Waals surface area contributed by atoms with Gasteiger partial charge in [0.15, 0.2) is 0 Å². The number of fused-ring (bicyclic) bond motifs is 5. The monoisotopic (exact) mass is 639 g/mol. The molecule has 0 saturated carbocycles. The van der Waals surface area contributed by atoms with Gasteiger partial charge in [-0.1, -0.05) is 152 Å². The van der Waals surface area contributed by atoms with E-state index in [1.54, 1.807) is 0 Å². The number of para-hydroxylation sites is 1. The van der Waals surface area contributed by atoms with Gasteiger partial charge in [0.1, 0.15) is 11.5 Å². The molecule has 50 heavy (non-hydrogen) atoms. The average Bonchev–Trinajstić information content (AvgIpc) is 3.34. The third-order valence-corrected chi connectivity index (χ3v) is 9.48. The second-order valence-corrected chi connectivity index (χ2v) is 12.5. The van der Waals surface area contributed by atoms with Crippen LogP contribution in [0.4, 0.5) is 17.1 Å². The van der Waals surface area contributed by atoms with Gasteiger partial charge in [-0.25, -0.2) is 0 Å². The Morgan fingerprint density at radius 2 is 0.820 bits per heavy atom. The Bertz CT molecular complexity index is 2430. The van der Waals surface area contributed by atoms with Crippen LogP contribution in [0.25, 0.3) is 55.6 Å². The summed E-state index contributed by atoms with van der Waals surface area (Å²) in [5.41, 5.74) is 14.6. The molecule has 0 amide bonds. The van der Waals surface area contributed by atoms with Crippen LogP contribution in [0, 0.1) is 0 Å². The lowest BCUT2D eigenvalue weighted by Gasteiger charge is -2.29. The fraction of sp³-hybridized carbons (Fsp3) is 0. The fourth-order valence-electron chi connectivity index (χ4n) is 7.07. The molecule has 1 aliphatic rings. The van der Waals surface area contributed by atoms with Crippen molar-refractivity contribution in [3.05, 3.63) is 200 Å². The van der Waals surface area contributed by atoms with Crippen LogP contribution in [-0.2, 0) is 0 Å². The SMILES string of the molecule is c1ccc(-c2ccc(N(c3cccc(-c4ccccc4)c3)c3cccc4c3-c3cc(-c5ccccc5)ccc3-c3ccccc3O4)cc2)cc1. The predicted octanol–water partition coefficient (Wildman–Crippen LogP) is 13.6. The molecular formula is C48H33NO. The molecule has 236 valence electrons. The summed E-state index contributed by atoms with van der Waals surface area (Å²) in [7, 11) is 0. The van der Waals surface area contributed by atoms with E-state index in [9.17, 15) is 0 Å². The third kappa shape index (κ3) is 5.43. The van der Waals surface area contributed by atoms with E-state index >= 15 is 0 Å². The number of rotatable bonds is 6. The smallest absolute Gasteiger partial charge is 0.137 e. The summed E-state index contributed by atoms with van der Waals surface area (Å²) in [6.07, 6.45) is 0. The molecule has 0 aromatic heterocycles. The summed E-state index contributed by atoms with van der Waals surface area (Å²) >= 11 is 0. The van der Waals surface area contributed by atoms with Crippen molar-refractivity contribution >= 4 is 17.1 Å². The molecule has 0 spiro atoms. The lowest BCUT2D eigenvalue weighted by atomic mass is 9.90. The largest absolute Gasteiger partial charge is 0.456 e. The zero-order chi connectivity index (χ0) is 33.3. The Labute approximate surface area is 293 Å². The van der Waals surface area contributed by atoms with Crippen LogP contribution in [0.3, 0.4) is 0 Å². The van der Waals surface area contributed by atoms with Gasteiger partial charge in [-0.15, -0.1) is 0 Å². The van der Waals surface area contributed by atoms with Crippen molar-refractivity contribution in [1.29, 1.82) is 0 Å². The van der Waals surface area contributed by atoms with E-state index in [0.29, 0.717) is 0 Å². The van der Waals surface area contributed by atoms with Crippen molar-refractivity contribution in [3.8, 4) is 67.1 Å². The fourth-order valence-corrected chi connectivity index (χ4v) is 7.07. The van der Waals surface area contributed by atoms with E-state index < -0.39 is 0 Å². The van der Waals surface area contributed by atoms with E-state index in [1.807, 2.05) is 6.07 Å². The molecule has 0 fully saturated rings. The summed E-state index contributed by atoms with van der Waals surface area (Å²) in [6.45, 7) is 0. The molecule has 0 atom stereocenters.